The van der Waals surface area contributed by atoms with Crippen molar-refractivity contribution in [1.29, 1.82) is 0 Å². The number of nitrogens with zero attached hydrogens (tertiary/aromatic N) is 1. The summed E-state index contributed by atoms with van der Waals surface area (Å²) >= 11 is 0. The van der Waals surface area contributed by atoms with Gasteiger partial charge in [0, 0.05) is 19.1 Å². The van der Waals surface area contributed by atoms with Crippen molar-refractivity contribution in [2.24, 2.45) is 5.84 Å². The second kappa shape index (κ2) is 9.73. The molecule has 3 N–H and O–H groups in total. The molecule has 2 atom stereocenters. The Balaban J connectivity index is 2.22. The van der Waals surface area contributed by atoms with Crippen LogP contribution in [0, 0.1) is 0 Å². The van der Waals surface area contributed by atoms with E-state index in [2.05, 4.69) is 24.2 Å². The molecule has 0 aliphatic carbocycles. The first kappa shape index (κ1) is 15.9. The zero-order valence-electron chi connectivity index (χ0n) is 12.2. The molecule has 18 heavy (non-hydrogen) atoms. The lowest BCUT2D eigenvalue weighted by Gasteiger charge is -2.36. The molecule has 4 heteroatoms. The van der Waals surface area contributed by atoms with Crippen LogP contribution in [-0.4, -0.2) is 43.3 Å². The Morgan fingerprint density at radius 1 is 1.28 bits per heavy atom. The monoisotopic (exact) mass is 257 g/mol. The quantitative estimate of drug-likeness (QED) is 0.376. The summed E-state index contributed by atoms with van der Waals surface area (Å²) in [5.41, 5.74) is 2.96. The molecule has 4 nitrogen and oxygen atoms in total. The average molecular weight is 257 g/mol. The fourth-order valence-corrected chi connectivity index (χ4v) is 2.61. The maximum absolute atomic E-state index is 5.86. The molecule has 0 saturated carbocycles. The molecule has 0 bridgehead atoms. The second-order valence-corrected chi connectivity index (χ2v) is 5.28. The number of unbranched alkanes of at least 4 members (excludes halogenated alkanes) is 4. The van der Waals surface area contributed by atoms with Gasteiger partial charge in [0.15, 0.2) is 0 Å². The zero-order valence-corrected chi connectivity index (χ0v) is 12.2. The van der Waals surface area contributed by atoms with E-state index in [1.807, 2.05) is 0 Å². The number of morpholine rings is 1. The molecule has 0 radical (unpaired) electrons. The molecule has 1 rings (SSSR count). The number of ether oxygens (including phenoxy) is 1. The van der Waals surface area contributed by atoms with Gasteiger partial charge in [-0.2, -0.15) is 0 Å². The number of nitrogens with two attached hydrogens (primary N) is 1. The molecule has 1 aliphatic heterocycles. The second-order valence-electron chi connectivity index (χ2n) is 5.28. The number of likely N-dealkylation sites (N-methyl/N-ethyl adjacent to an activating group) is 1. The van der Waals surface area contributed by atoms with E-state index in [1.165, 1.54) is 32.1 Å². The molecular weight excluding hydrogens is 226 g/mol. The smallest absolute Gasteiger partial charge is 0.0868 e. The Morgan fingerprint density at radius 3 is 2.72 bits per heavy atom. The number of rotatable bonds is 9. The predicted octanol–water partition coefficient (Wildman–Crippen LogP) is 1.90. The van der Waals surface area contributed by atoms with Gasteiger partial charge in [-0.25, -0.2) is 0 Å². The van der Waals surface area contributed by atoms with Crippen LogP contribution in [0.2, 0.25) is 0 Å². The fraction of sp³-hybridized carbons (Fsp3) is 1.00. The molecule has 108 valence electrons. The number of hydrogen-bond acceptors (Lipinski definition) is 4. The van der Waals surface area contributed by atoms with E-state index in [9.17, 15) is 0 Å². The van der Waals surface area contributed by atoms with Crippen molar-refractivity contribution in [3.63, 3.8) is 0 Å². The van der Waals surface area contributed by atoms with Crippen molar-refractivity contribution in [1.82, 2.24) is 10.3 Å². The molecule has 0 amide bonds. The summed E-state index contributed by atoms with van der Waals surface area (Å²) < 4.78 is 5.86. The number of hydrazine groups is 1. The van der Waals surface area contributed by atoms with E-state index in [-0.39, 0.29) is 6.10 Å². The Kier molecular flexibility index (Phi) is 8.59. The highest BCUT2D eigenvalue weighted by atomic mass is 16.5. The Morgan fingerprint density at radius 2 is 2.06 bits per heavy atom. The van der Waals surface area contributed by atoms with Gasteiger partial charge in [0.1, 0.15) is 0 Å². The van der Waals surface area contributed by atoms with Crippen LogP contribution in [0.4, 0.5) is 0 Å². The summed E-state index contributed by atoms with van der Waals surface area (Å²) in [5.74, 6) is 5.68. The normalized spacial score (nSPS) is 23.2. The van der Waals surface area contributed by atoms with Crippen LogP contribution in [0.3, 0.4) is 0 Å². The van der Waals surface area contributed by atoms with Crippen molar-refractivity contribution < 1.29 is 4.74 Å². The van der Waals surface area contributed by atoms with Gasteiger partial charge < -0.3 is 4.74 Å². The van der Waals surface area contributed by atoms with Gasteiger partial charge in [0.25, 0.3) is 0 Å². The first-order valence-electron chi connectivity index (χ1n) is 7.61. The van der Waals surface area contributed by atoms with Crippen LogP contribution in [0.1, 0.15) is 52.4 Å². The topological polar surface area (TPSA) is 50.5 Å². The lowest BCUT2D eigenvalue weighted by Crippen LogP contribution is -2.53. The van der Waals surface area contributed by atoms with E-state index in [0.717, 1.165) is 32.7 Å². The van der Waals surface area contributed by atoms with Gasteiger partial charge in [0.05, 0.1) is 12.7 Å². The van der Waals surface area contributed by atoms with E-state index in [4.69, 9.17) is 10.6 Å². The summed E-state index contributed by atoms with van der Waals surface area (Å²) in [4.78, 5) is 2.44. The third-order valence-corrected chi connectivity index (χ3v) is 3.91. The minimum atomic E-state index is 0.259. The Bertz CT molecular complexity index is 201. The molecule has 0 aromatic heterocycles. The van der Waals surface area contributed by atoms with Crippen molar-refractivity contribution in [3.05, 3.63) is 0 Å². The van der Waals surface area contributed by atoms with Gasteiger partial charge in [-0.15, -0.1) is 0 Å². The molecule has 0 spiro atoms. The Hall–Kier alpha value is -0.160. The van der Waals surface area contributed by atoms with Gasteiger partial charge in [-0.3, -0.25) is 16.2 Å². The molecule has 0 aromatic rings. The maximum Gasteiger partial charge on any atom is 0.0868 e. The van der Waals surface area contributed by atoms with Gasteiger partial charge in [-0.1, -0.05) is 46.0 Å². The van der Waals surface area contributed by atoms with Crippen LogP contribution in [0.25, 0.3) is 0 Å². The molecule has 1 heterocycles. The van der Waals surface area contributed by atoms with Crippen LogP contribution < -0.4 is 11.3 Å². The molecule has 1 saturated heterocycles. The SMILES string of the molecule is CCCCCCCC(NN)C1CN(CC)CCO1. The van der Waals surface area contributed by atoms with E-state index in [1.54, 1.807) is 0 Å². The van der Waals surface area contributed by atoms with Crippen molar-refractivity contribution in [2.45, 2.75) is 64.5 Å². The standard InChI is InChI=1S/C14H31N3O/c1-3-5-6-7-8-9-13(16-15)14-12-17(4-2)10-11-18-14/h13-14,16H,3-12,15H2,1-2H3. The van der Waals surface area contributed by atoms with Crippen LogP contribution in [0.15, 0.2) is 0 Å². The van der Waals surface area contributed by atoms with Crippen LogP contribution in [0.5, 0.6) is 0 Å². The molecule has 2 unspecified atom stereocenters. The van der Waals surface area contributed by atoms with E-state index in [0.29, 0.717) is 6.04 Å². The first-order valence-corrected chi connectivity index (χ1v) is 7.61. The average Bonchev–Trinajstić information content (AvgIpc) is 2.43. The van der Waals surface area contributed by atoms with E-state index < -0.39 is 0 Å². The minimum Gasteiger partial charge on any atom is -0.374 e. The van der Waals surface area contributed by atoms with Gasteiger partial charge >= 0.3 is 0 Å². The summed E-state index contributed by atoms with van der Waals surface area (Å²) in [5, 5.41) is 0. The van der Waals surface area contributed by atoms with Crippen LogP contribution >= 0.6 is 0 Å². The van der Waals surface area contributed by atoms with Crippen molar-refractivity contribution in [2.75, 3.05) is 26.2 Å². The molecule has 1 aliphatic rings. The third kappa shape index (κ3) is 5.65. The summed E-state index contributed by atoms with van der Waals surface area (Å²) in [7, 11) is 0. The van der Waals surface area contributed by atoms with E-state index >= 15 is 0 Å². The molecule has 1 fully saturated rings. The highest BCUT2D eigenvalue weighted by Gasteiger charge is 2.26. The number of nitrogens with one attached hydrogen (secondary N) is 1. The first-order chi connectivity index (χ1) is 8.81. The minimum absolute atomic E-state index is 0.259. The lowest BCUT2D eigenvalue weighted by atomic mass is 10.0. The largest absolute Gasteiger partial charge is 0.374 e. The Labute approximate surface area is 112 Å². The fourth-order valence-electron chi connectivity index (χ4n) is 2.61. The maximum atomic E-state index is 5.86. The highest BCUT2D eigenvalue weighted by molar-refractivity contribution is 4.81. The summed E-state index contributed by atoms with van der Waals surface area (Å²) in [6.45, 7) is 8.47. The van der Waals surface area contributed by atoms with Crippen molar-refractivity contribution in [3.8, 4) is 0 Å². The molecule has 0 aromatic carbocycles. The van der Waals surface area contributed by atoms with Crippen molar-refractivity contribution >= 4 is 0 Å². The summed E-state index contributed by atoms with van der Waals surface area (Å²) in [6, 6.07) is 0.306. The van der Waals surface area contributed by atoms with Gasteiger partial charge in [0.2, 0.25) is 0 Å². The highest BCUT2D eigenvalue weighted by Crippen LogP contribution is 2.14. The zero-order chi connectivity index (χ0) is 13.2. The summed E-state index contributed by atoms with van der Waals surface area (Å²) in [6.07, 6.45) is 7.95. The van der Waals surface area contributed by atoms with Gasteiger partial charge in [-0.05, 0) is 13.0 Å². The molecular formula is C14H31N3O. The predicted molar refractivity (Wildman–Crippen MR) is 76.3 cm³/mol. The lowest BCUT2D eigenvalue weighted by molar-refractivity contribution is -0.0465. The van der Waals surface area contributed by atoms with Crippen LogP contribution in [-0.2, 0) is 4.74 Å². The third-order valence-electron chi connectivity index (χ3n) is 3.91. The number of hydrogen-bond donors (Lipinski definition) is 2.